The Morgan fingerprint density at radius 3 is 2.43 bits per heavy atom. The minimum Gasteiger partial charge on any atom is -0.381 e. The molecular formula is C18H23N3O2. The maximum atomic E-state index is 12.5. The van der Waals surface area contributed by atoms with Crippen LogP contribution in [0.3, 0.4) is 0 Å². The van der Waals surface area contributed by atoms with Gasteiger partial charge in [-0.2, -0.15) is 5.10 Å². The molecule has 2 heterocycles. The van der Waals surface area contributed by atoms with Gasteiger partial charge in [-0.25, -0.2) is 4.68 Å². The van der Waals surface area contributed by atoms with Crippen LogP contribution in [0, 0.1) is 13.8 Å². The maximum absolute atomic E-state index is 12.5. The number of nitrogens with zero attached hydrogens (tertiary/aromatic N) is 2. The average Bonchev–Trinajstić information content (AvgIpc) is 2.86. The van der Waals surface area contributed by atoms with Crippen LogP contribution in [0.25, 0.3) is 5.69 Å². The summed E-state index contributed by atoms with van der Waals surface area (Å²) in [5, 5.41) is 7.61. The summed E-state index contributed by atoms with van der Waals surface area (Å²) in [7, 11) is 0. The molecule has 0 unspecified atom stereocenters. The van der Waals surface area contributed by atoms with Gasteiger partial charge in [0.15, 0.2) is 0 Å². The summed E-state index contributed by atoms with van der Waals surface area (Å²) in [6, 6.07) is 9.60. The topological polar surface area (TPSA) is 56.2 Å². The first-order valence-electron chi connectivity index (χ1n) is 8.01. The minimum absolute atomic E-state index is 0.0330. The average molecular weight is 313 g/mol. The van der Waals surface area contributed by atoms with Gasteiger partial charge in [-0.3, -0.25) is 4.79 Å². The van der Waals surface area contributed by atoms with E-state index in [4.69, 9.17) is 4.74 Å². The number of nitrogens with one attached hydrogen (secondary N) is 1. The number of hydrogen-bond acceptors (Lipinski definition) is 3. The number of hydrogen-bond donors (Lipinski definition) is 1. The maximum Gasteiger partial charge on any atom is 0.251 e. The predicted octanol–water partition coefficient (Wildman–Crippen LogP) is 2.79. The van der Waals surface area contributed by atoms with Gasteiger partial charge >= 0.3 is 0 Å². The zero-order valence-electron chi connectivity index (χ0n) is 13.9. The van der Waals surface area contributed by atoms with E-state index in [0.717, 1.165) is 29.9 Å². The van der Waals surface area contributed by atoms with E-state index in [2.05, 4.69) is 17.3 Å². The standard InChI is InChI=1S/C18H23N3O2/c1-13-12-14(2)21(20-13)16-6-4-15(5-7-16)17(22)19-18(3)8-10-23-11-9-18/h4-7,12H,8-11H2,1-3H3,(H,19,22). The third kappa shape index (κ3) is 3.45. The van der Waals surface area contributed by atoms with Crippen molar-refractivity contribution in [1.29, 1.82) is 0 Å². The SMILES string of the molecule is Cc1cc(C)n(-c2ccc(C(=O)NC3(C)CCOCC3)cc2)n1. The van der Waals surface area contributed by atoms with E-state index in [1.807, 2.05) is 48.9 Å². The molecular weight excluding hydrogens is 290 g/mol. The number of aryl methyl sites for hydroxylation is 2. The molecule has 1 amide bonds. The molecule has 1 aromatic carbocycles. The molecule has 23 heavy (non-hydrogen) atoms. The van der Waals surface area contributed by atoms with E-state index in [-0.39, 0.29) is 11.4 Å². The first kappa shape index (κ1) is 15.7. The fourth-order valence-electron chi connectivity index (χ4n) is 2.94. The molecule has 1 aliphatic rings. The van der Waals surface area contributed by atoms with Gasteiger partial charge in [0, 0.05) is 30.0 Å². The Morgan fingerprint density at radius 1 is 1.22 bits per heavy atom. The highest BCUT2D eigenvalue weighted by Gasteiger charge is 2.29. The summed E-state index contributed by atoms with van der Waals surface area (Å²) in [6.07, 6.45) is 1.70. The zero-order valence-corrected chi connectivity index (χ0v) is 13.9. The summed E-state index contributed by atoms with van der Waals surface area (Å²) in [5.74, 6) is -0.0330. The van der Waals surface area contributed by atoms with Crippen molar-refractivity contribution in [2.24, 2.45) is 0 Å². The fourth-order valence-corrected chi connectivity index (χ4v) is 2.94. The van der Waals surface area contributed by atoms with Gasteiger partial charge in [-0.05, 0) is 63.9 Å². The molecule has 1 aliphatic heterocycles. The van der Waals surface area contributed by atoms with Crippen LogP contribution in [0.4, 0.5) is 0 Å². The third-order valence-electron chi connectivity index (χ3n) is 4.40. The van der Waals surface area contributed by atoms with E-state index in [0.29, 0.717) is 18.8 Å². The third-order valence-corrected chi connectivity index (χ3v) is 4.40. The number of benzene rings is 1. The summed E-state index contributed by atoms with van der Waals surface area (Å²) in [6.45, 7) is 7.48. The smallest absolute Gasteiger partial charge is 0.251 e. The van der Waals surface area contributed by atoms with Crippen LogP contribution < -0.4 is 5.32 Å². The molecule has 3 rings (SSSR count). The second-order valence-corrected chi connectivity index (χ2v) is 6.51. The van der Waals surface area contributed by atoms with Gasteiger partial charge in [-0.1, -0.05) is 0 Å². The van der Waals surface area contributed by atoms with E-state index < -0.39 is 0 Å². The fraction of sp³-hybridized carbons (Fsp3) is 0.444. The molecule has 0 bridgehead atoms. The van der Waals surface area contributed by atoms with Crippen LogP contribution in [0.1, 0.15) is 41.5 Å². The lowest BCUT2D eigenvalue weighted by Crippen LogP contribution is -2.49. The highest BCUT2D eigenvalue weighted by Crippen LogP contribution is 2.21. The number of ether oxygens (including phenoxy) is 1. The molecule has 0 aliphatic carbocycles. The van der Waals surface area contributed by atoms with E-state index in [9.17, 15) is 4.79 Å². The van der Waals surface area contributed by atoms with Crippen molar-refractivity contribution in [1.82, 2.24) is 15.1 Å². The lowest BCUT2D eigenvalue weighted by Gasteiger charge is -2.34. The van der Waals surface area contributed by atoms with E-state index in [1.54, 1.807) is 0 Å². The molecule has 0 radical (unpaired) electrons. The number of carbonyl (C=O) groups is 1. The van der Waals surface area contributed by atoms with Gasteiger partial charge in [0.05, 0.1) is 11.4 Å². The van der Waals surface area contributed by atoms with Crippen molar-refractivity contribution in [3.63, 3.8) is 0 Å². The Hall–Kier alpha value is -2.14. The predicted molar refractivity (Wildman–Crippen MR) is 89.0 cm³/mol. The molecule has 0 atom stereocenters. The number of amides is 1. The Kier molecular flexibility index (Phi) is 4.22. The normalized spacial score (nSPS) is 17.0. The number of carbonyl (C=O) groups excluding carboxylic acids is 1. The minimum atomic E-state index is -0.177. The molecule has 122 valence electrons. The second kappa shape index (κ2) is 6.16. The van der Waals surface area contributed by atoms with Crippen molar-refractivity contribution in [3.05, 3.63) is 47.3 Å². The van der Waals surface area contributed by atoms with Crippen LogP contribution in [0.2, 0.25) is 0 Å². The largest absolute Gasteiger partial charge is 0.381 e. The summed E-state index contributed by atoms with van der Waals surface area (Å²) >= 11 is 0. The van der Waals surface area contributed by atoms with Crippen molar-refractivity contribution >= 4 is 5.91 Å². The van der Waals surface area contributed by atoms with E-state index in [1.165, 1.54) is 0 Å². The van der Waals surface area contributed by atoms with Gasteiger partial charge < -0.3 is 10.1 Å². The van der Waals surface area contributed by atoms with Crippen LogP contribution in [-0.2, 0) is 4.74 Å². The number of rotatable bonds is 3. The Labute approximate surface area is 136 Å². The highest BCUT2D eigenvalue weighted by molar-refractivity contribution is 5.94. The number of aromatic nitrogens is 2. The molecule has 0 saturated carbocycles. The van der Waals surface area contributed by atoms with Crippen LogP contribution >= 0.6 is 0 Å². The molecule has 2 aromatic rings. The van der Waals surface area contributed by atoms with Crippen LogP contribution in [0.15, 0.2) is 30.3 Å². The second-order valence-electron chi connectivity index (χ2n) is 6.51. The Morgan fingerprint density at radius 2 is 1.87 bits per heavy atom. The molecule has 0 spiro atoms. The Balaban J connectivity index is 1.74. The quantitative estimate of drug-likeness (QED) is 0.948. The van der Waals surface area contributed by atoms with Gasteiger partial charge in [0.1, 0.15) is 0 Å². The Bertz CT molecular complexity index is 698. The highest BCUT2D eigenvalue weighted by atomic mass is 16.5. The summed E-state index contributed by atoms with van der Waals surface area (Å²) < 4.78 is 7.25. The van der Waals surface area contributed by atoms with Crippen molar-refractivity contribution in [2.45, 2.75) is 39.2 Å². The van der Waals surface area contributed by atoms with E-state index >= 15 is 0 Å². The van der Waals surface area contributed by atoms with Crippen LogP contribution in [0.5, 0.6) is 0 Å². The lowest BCUT2D eigenvalue weighted by molar-refractivity contribution is 0.0423. The molecule has 5 nitrogen and oxygen atoms in total. The first-order valence-corrected chi connectivity index (χ1v) is 8.01. The molecule has 1 fully saturated rings. The summed E-state index contributed by atoms with van der Waals surface area (Å²) in [4.78, 5) is 12.5. The zero-order chi connectivity index (χ0) is 16.4. The molecule has 1 N–H and O–H groups in total. The van der Waals surface area contributed by atoms with Crippen LogP contribution in [-0.4, -0.2) is 34.4 Å². The van der Waals surface area contributed by atoms with Gasteiger partial charge in [-0.15, -0.1) is 0 Å². The molecule has 1 aromatic heterocycles. The monoisotopic (exact) mass is 313 g/mol. The van der Waals surface area contributed by atoms with Gasteiger partial charge in [0.25, 0.3) is 5.91 Å². The van der Waals surface area contributed by atoms with Crippen molar-refractivity contribution in [2.75, 3.05) is 13.2 Å². The van der Waals surface area contributed by atoms with Gasteiger partial charge in [0.2, 0.25) is 0 Å². The first-order chi connectivity index (χ1) is 11.0. The van der Waals surface area contributed by atoms with Crippen molar-refractivity contribution in [3.8, 4) is 5.69 Å². The summed E-state index contributed by atoms with van der Waals surface area (Å²) in [5.41, 5.74) is 3.52. The molecule has 5 heteroatoms. The molecule has 1 saturated heterocycles. The lowest BCUT2D eigenvalue weighted by atomic mass is 9.92. The van der Waals surface area contributed by atoms with Crippen molar-refractivity contribution < 1.29 is 9.53 Å².